The summed E-state index contributed by atoms with van der Waals surface area (Å²) in [5.41, 5.74) is 7.04. The zero-order chi connectivity index (χ0) is 16.7. The molecule has 0 spiro atoms. The number of aliphatic hydroxyl groups excluding tert-OH is 1. The minimum atomic E-state index is -0.411. The summed E-state index contributed by atoms with van der Waals surface area (Å²) >= 11 is 0. The minimum Gasteiger partial charge on any atom is -0.390 e. The Morgan fingerprint density at radius 3 is 2.71 bits per heavy atom. The molecule has 2 aromatic rings. The van der Waals surface area contributed by atoms with Crippen molar-refractivity contribution >= 4 is 5.70 Å². The zero-order valence-electron chi connectivity index (χ0n) is 14.0. The van der Waals surface area contributed by atoms with Crippen LogP contribution in [0, 0.1) is 0 Å². The van der Waals surface area contributed by atoms with Gasteiger partial charge in [0.1, 0.15) is 0 Å². The van der Waals surface area contributed by atoms with Crippen molar-refractivity contribution in [1.29, 1.82) is 0 Å². The molecule has 0 saturated heterocycles. The number of ether oxygens (including phenoxy) is 1. The van der Waals surface area contributed by atoms with E-state index in [-0.39, 0.29) is 6.04 Å². The van der Waals surface area contributed by atoms with Crippen molar-refractivity contribution in [2.75, 3.05) is 7.11 Å². The van der Waals surface area contributed by atoms with Gasteiger partial charge in [0.05, 0.1) is 18.2 Å². The van der Waals surface area contributed by atoms with E-state index < -0.39 is 6.10 Å². The second-order valence-electron chi connectivity index (χ2n) is 6.82. The van der Waals surface area contributed by atoms with Gasteiger partial charge in [-0.25, -0.2) is 0 Å². The normalized spacial score (nSPS) is 24.5. The van der Waals surface area contributed by atoms with Crippen molar-refractivity contribution in [3.8, 4) is 0 Å². The number of nitrogens with one attached hydrogen (secondary N) is 1. The van der Waals surface area contributed by atoms with Crippen molar-refractivity contribution in [1.82, 2.24) is 5.32 Å². The molecular formula is C21H23NO2. The van der Waals surface area contributed by atoms with Crippen molar-refractivity contribution in [2.24, 2.45) is 0 Å². The molecule has 4 rings (SSSR count). The predicted octanol–water partition coefficient (Wildman–Crippen LogP) is 3.02. The first-order chi connectivity index (χ1) is 11.7. The Balaban J connectivity index is 1.54. The van der Waals surface area contributed by atoms with Gasteiger partial charge in [0.15, 0.2) is 0 Å². The maximum atomic E-state index is 10.4. The summed E-state index contributed by atoms with van der Waals surface area (Å²) in [6, 6.07) is 14.6. The quantitative estimate of drug-likeness (QED) is 0.909. The predicted molar refractivity (Wildman–Crippen MR) is 95.7 cm³/mol. The Bertz CT molecular complexity index is 783. The molecule has 2 aliphatic carbocycles. The largest absolute Gasteiger partial charge is 0.390 e. The fraction of sp³-hybridized carbons (Fsp3) is 0.333. The highest BCUT2D eigenvalue weighted by molar-refractivity contribution is 5.64. The van der Waals surface area contributed by atoms with E-state index in [1.807, 2.05) is 12.1 Å². The molecule has 3 atom stereocenters. The monoisotopic (exact) mass is 321 g/mol. The van der Waals surface area contributed by atoms with E-state index in [2.05, 4.69) is 42.2 Å². The summed E-state index contributed by atoms with van der Waals surface area (Å²) in [5, 5.41) is 13.8. The van der Waals surface area contributed by atoms with Gasteiger partial charge in [-0.3, -0.25) is 0 Å². The van der Waals surface area contributed by atoms with Gasteiger partial charge in [0.2, 0.25) is 0 Å². The molecule has 2 N–H and O–H groups in total. The number of aliphatic hydroxyl groups is 1. The highest BCUT2D eigenvalue weighted by atomic mass is 16.5. The van der Waals surface area contributed by atoms with E-state index in [9.17, 15) is 5.11 Å². The van der Waals surface area contributed by atoms with E-state index in [1.165, 1.54) is 22.3 Å². The van der Waals surface area contributed by atoms with Gasteiger partial charge in [0.25, 0.3) is 0 Å². The lowest BCUT2D eigenvalue weighted by Crippen LogP contribution is -2.27. The number of methoxy groups -OCH3 is 1. The smallest absolute Gasteiger partial charge is 0.0823 e. The zero-order valence-corrected chi connectivity index (χ0v) is 14.0. The molecular weight excluding hydrogens is 298 g/mol. The molecule has 24 heavy (non-hydrogen) atoms. The molecule has 3 nitrogen and oxygen atoms in total. The van der Waals surface area contributed by atoms with Crippen LogP contribution in [0.1, 0.15) is 33.9 Å². The molecule has 0 fully saturated rings. The standard InChI is InChI=1S/C21H23NO2/c1-13(14-7-8-15-10-18(24-2)11-17(15)9-14)22-21-19-6-4-3-5-16(19)12-20(21)23/h3-9,18,20-23H,1,10-12H2,2H3/t18?,20-,21?/m1/s1. The van der Waals surface area contributed by atoms with Crippen LogP contribution in [0.25, 0.3) is 5.70 Å². The minimum absolute atomic E-state index is 0.0892. The van der Waals surface area contributed by atoms with Crippen LogP contribution in [0.5, 0.6) is 0 Å². The van der Waals surface area contributed by atoms with E-state index >= 15 is 0 Å². The fourth-order valence-electron chi connectivity index (χ4n) is 3.95. The van der Waals surface area contributed by atoms with Crippen LogP contribution in [0.15, 0.2) is 49.0 Å². The molecule has 0 bridgehead atoms. The third-order valence-corrected chi connectivity index (χ3v) is 5.32. The van der Waals surface area contributed by atoms with Crippen molar-refractivity contribution < 1.29 is 9.84 Å². The molecule has 124 valence electrons. The van der Waals surface area contributed by atoms with Gasteiger partial charge in [-0.15, -0.1) is 0 Å². The third-order valence-electron chi connectivity index (χ3n) is 5.32. The summed E-state index contributed by atoms with van der Waals surface area (Å²) in [4.78, 5) is 0. The summed E-state index contributed by atoms with van der Waals surface area (Å²) in [5.74, 6) is 0. The van der Waals surface area contributed by atoms with Crippen LogP contribution in [0.4, 0.5) is 0 Å². The van der Waals surface area contributed by atoms with Gasteiger partial charge in [0, 0.05) is 19.2 Å². The third kappa shape index (κ3) is 2.64. The maximum absolute atomic E-state index is 10.4. The van der Waals surface area contributed by atoms with Crippen molar-refractivity contribution in [3.63, 3.8) is 0 Å². The number of hydrogen-bond acceptors (Lipinski definition) is 3. The maximum Gasteiger partial charge on any atom is 0.0823 e. The lowest BCUT2D eigenvalue weighted by atomic mass is 10.0. The second-order valence-corrected chi connectivity index (χ2v) is 6.82. The first kappa shape index (κ1) is 15.4. The summed E-state index contributed by atoms with van der Waals surface area (Å²) in [6.07, 6.45) is 2.52. The van der Waals surface area contributed by atoms with Crippen LogP contribution in [-0.2, 0) is 24.0 Å². The fourth-order valence-corrected chi connectivity index (χ4v) is 3.95. The first-order valence-electron chi connectivity index (χ1n) is 8.52. The molecule has 2 unspecified atom stereocenters. The van der Waals surface area contributed by atoms with E-state index in [1.54, 1.807) is 7.11 Å². The lowest BCUT2D eigenvalue weighted by molar-refractivity contribution is 0.112. The van der Waals surface area contributed by atoms with Gasteiger partial charge >= 0.3 is 0 Å². The highest BCUT2D eigenvalue weighted by Gasteiger charge is 2.31. The van der Waals surface area contributed by atoms with Crippen molar-refractivity contribution in [2.45, 2.75) is 37.5 Å². The number of hydrogen-bond donors (Lipinski definition) is 2. The van der Waals surface area contributed by atoms with E-state index in [0.29, 0.717) is 12.5 Å². The molecule has 2 aromatic carbocycles. The highest BCUT2D eigenvalue weighted by Crippen LogP contribution is 2.33. The van der Waals surface area contributed by atoms with E-state index in [0.717, 1.165) is 24.1 Å². The number of fused-ring (bicyclic) bond motifs is 2. The molecule has 0 heterocycles. The van der Waals surface area contributed by atoms with Crippen LogP contribution >= 0.6 is 0 Å². The van der Waals surface area contributed by atoms with Crippen LogP contribution < -0.4 is 5.32 Å². The number of benzene rings is 2. The van der Waals surface area contributed by atoms with Gasteiger partial charge in [-0.2, -0.15) is 0 Å². The van der Waals surface area contributed by atoms with Crippen molar-refractivity contribution in [3.05, 3.63) is 76.9 Å². The molecule has 0 amide bonds. The molecule has 2 aliphatic rings. The SMILES string of the molecule is C=C(NC1c2ccccc2C[C@H]1O)c1ccc2c(c1)CC(OC)C2. The van der Waals surface area contributed by atoms with Crippen LogP contribution in [-0.4, -0.2) is 24.4 Å². The Kier molecular flexibility index (Phi) is 3.91. The molecule has 3 heteroatoms. The Labute approximate surface area is 143 Å². The summed E-state index contributed by atoms with van der Waals surface area (Å²) in [7, 11) is 1.77. The van der Waals surface area contributed by atoms with Crippen LogP contribution in [0.3, 0.4) is 0 Å². The van der Waals surface area contributed by atoms with Gasteiger partial charge in [-0.05, 0) is 46.7 Å². The summed E-state index contributed by atoms with van der Waals surface area (Å²) in [6.45, 7) is 4.21. The Morgan fingerprint density at radius 2 is 1.88 bits per heavy atom. The number of rotatable bonds is 4. The second kappa shape index (κ2) is 6.08. The first-order valence-corrected chi connectivity index (χ1v) is 8.52. The van der Waals surface area contributed by atoms with Crippen LogP contribution in [0.2, 0.25) is 0 Å². The topological polar surface area (TPSA) is 41.5 Å². The lowest BCUT2D eigenvalue weighted by Gasteiger charge is -2.21. The Morgan fingerprint density at radius 1 is 1.08 bits per heavy atom. The Hall–Kier alpha value is -2.10. The summed E-state index contributed by atoms with van der Waals surface area (Å²) < 4.78 is 5.48. The molecule has 0 saturated carbocycles. The molecule has 0 radical (unpaired) electrons. The van der Waals surface area contributed by atoms with E-state index in [4.69, 9.17) is 4.74 Å². The average Bonchev–Trinajstić information content (AvgIpc) is 3.15. The van der Waals surface area contributed by atoms with Gasteiger partial charge in [-0.1, -0.05) is 43.0 Å². The average molecular weight is 321 g/mol. The molecule has 0 aliphatic heterocycles. The van der Waals surface area contributed by atoms with Gasteiger partial charge < -0.3 is 15.2 Å². The molecule has 0 aromatic heterocycles.